The van der Waals surface area contributed by atoms with E-state index in [-0.39, 0.29) is 12.0 Å². The van der Waals surface area contributed by atoms with Crippen LogP contribution in [0.5, 0.6) is 0 Å². The maximum absolute atomic E-state index is 10.8. The van der Waals surface area contributed by atoms with Gasteiger partial charge in [0.15, 0.2) is 5.65 Å². The molecule has 152 valence electrons. The fourth-order valence-electron chi connectivity index (χ4n) is 3.23. The van der Waals surface area contributed by atoms with E-state index in [1.54, 1.807) is 6.07 Å². The van der Waals surface area contributed by atoms with Gasteiger partial charge in [-0.15, -0.1) is 0 Å². The molecule has 0 bridgehead atoms. The molecule has 8 heteroatoms. The second-order valence-electron chi connectivity index (χ2n) is 7.01. The molecule has 1 aromatic carbocycles. The first kappa shape index (κ1) is 20.6. The Bertz CT molecular complexity index is 1250. The number of hydrogen-bond donors (Lipinski definition) is 3. The van der Waals surface area contributed by atoms with Crippen LogP contribution in [-0.2, 0) is 9.59 Å². The van der Waals surface area contributed by atoms with Gasteiger partial charge in [-0.25, -0.2) is 9.78 Å². The van der Waals surface area contributed by atoms with E-state index in [9.17, 15) is 9.59 Å². The van der Waals surface area contributed by atoms with Crippen LogP contribution in [0.3, 0.4) is 0 Å². The summed E-state index contributed by atoms with van der Waals surface area (Å²) in [6.45, 7) is 1.50. The molecule has 1 unspecified atom stereocenters. The van der Waals surface area contributed by atoms with Gasteiger partial charge in [0.25, 0.3) is 0 Å². The minimum atomic E-state index is -1.08. The summed E-state index contributed by atoms with van der Waals surface area (Å²) < 4.78 is 1.97. The number of aliphatic carboxylic acids is 2. The second-order valence-corrected chi connectivity index (χ2v) is 7.01. The van der Waals surface area contributed by atoms with E-state index in [2.05, 4.69) is 16.4 Å². The first-order chi connectivity index (χ1) is 14.3. The van der Waals surface area contributed by atoms with Gasteiger partial charge in [-0.2, -0.15) is 5.26 Å². The molecular formula is C22H20N4O4. The van der Waals surface area contributed by atoms with Crippen LogP contribution in [0.15, 0.2) is 60.2 Å². The normalized spacial score (nSPS) is 17.6. The van der Waals surface area contributed by atoms with E-state index in [4.69, 9.17) is 15.5 Å². The summed E-state index contributed by atoms with van der Waals surface area (Å²) in [6.07, 6.45) is 4.43. The van der Waals surface area contributed by atoms with Gasteiger partial charge >= 0.3 is 11.9 Å². The average Bonchev–Trinajstić information content (AvgIpc) is 3.13. The van der Waals surface area contributed by atoms with Gasteiger partial charge in [-0.3, -0.25) is 9.20 Å². The second kappa shape index (κ2) is 8.09. The number of allylic oxidation sites excluding steroid dienone is 2. The maximum atomic E-state index is 10.8. The van der Waals surface area contributed by atoms with Gasteiger partial charge in [-0.1, -0.05) is 30.4 Å². The van der Waals surface area contributed by atoms with Crippen molar-refractivity contribution in [1.29, 1.82) is 5.26 Å². The van der Waals surface area contributed by atoms with Gasteiger partial charge < -0.3 is 15.5 Å². The summed E-state index contributed by atoms with van der Waals surface area (Å²) in [5, 5.41) is 29.7. The van der Waals surface area contributed by atoms with Crippen molar-refractivity contribution in [2.45, 2.75) is 13.3 Å². The van der Waals surface area contributed by atoms with Crippen molar-refractivity contribution in [3.8, 4) is 6.07 Å². The lowest BCUT2D eigenvalue weighted by Crippen LogP contribution is -2.28. The third kappa shape index (κ3) is 3.73. The Morgan fingerprint density at radius 1 is 1.23 bits per heavy atom. The van der Waals surface area contributed by atoms with E-state index in [0.717, 1.165) is 16.9 Å². The fourth-order valence-corrected chi connectivity index (χ4v) is 3.23. The predicted molar refractivity (Wildman–Crippen MR) is 112 cm³/mol. The van der Waals surface area contributed by atoms with Crippen LogP contribution in [0, 0.1) is 16.7 Å². The zero-order valence-corrected chi connectivity index (χ0v) is 16.5. The zero-order chi connectivity index (χ0) is 21.9. The Hall–Kier alpha value is -4.12. The number of imidazole rings is 1. The SMILES string of the molecule is CC1(C(=O)O)C=CC=C(C(=O)O)C1.CNc1ccc(C#N)c2nc3ccccc3n12. The van der Waals surface area contributed by atoms with Gasteiger partial charge in [0.1, 0.15) is 11.9 Å². The van der Waals surface area contributed by atoms with Gasteiger partial charge in [0.05, 0.1) is 22.0 Å². The highest BCUT2D eigenvalue weighted by Gasteiger charge is 2.34. The van der Waals surface area contributed by atoms with Crippen LogP contribution in [0.25, 0.3) is 16.7 Å². The van der Waals surface area contributed by atoms with Crippen LogP contribution in [0.4, 0.5) is 5.82 Å². The molecule has 30 heavy (non-hydrogen) atoms. The Morgan fingerprint density at radius 3 is 2.60 bits per heavy atom. The monoisotopic (exact) mass is 404 g/mol. The molecule has 0 spiro atoms. The molecule has 2 aromatic heterocycles. The van der Waals surface area contributed by atoms with Crippen molar-refractivity contribution in [2.75, 3.05) is 12.4 Å². The summed E-state index contributed by atoms with van der Waals surface area (Å²) in [7, 11) is 1.86. The van der Waals surface area contributed by atoms with Crippen molar-refractivity contribution in [3.63, 3.8) is 0 Å². The Balaban J connectivity index is 0.000000178. The highest BCUT2D eigenvalue weighted by molar-refractivity contribution is 5.90. The number of pyridine rings is 1. The van der Waals surface area contributed by atoms with Crippen LogP contribution in [0.1, 0.15) is 18.9 Å². The van der Waals surface area contributed by atoms with E-state index >= 15 is 0 Å². The number of fused-ring (bicyclic) bond motifs is 3. The first-order valence-corrected chi connectivity index (χ1v) is 9.14. The summed E-state index contributed by atoms with van der Waals surface area (Å²) in [6, 6.07) is 13.7. The van der Waals surface area contributed by atoms with Crippen molar-refractivity contribution < 1.29 is 19.8 Å². The molecule has 2 heterocycles. The first-order valence-electron chi connectivity index (χ1n) is 9.14. The predicted octanol–water partition coefficient (Wildman–Crippen LogP) is 3.45. The lowest BCUT2D eigenvalue weighted by Gasteiger charge is -2.23. The van der Waals surface area contributed by atoms with Crippen molar-refractivity contribution in [2.24, 2.45) is 5.41 Å². The largest absolute Gasteiger partial charge is 0.481 e. The number of rotatable bonds is 3. The molecule has 0 radical (unpaired) electrons. The number of hydrogen-bond acceptors (Lipinski definition) is 5. The number of carbonyl (C=O) groups is 2. The van der Waals surface area contributed by atoms with Crippen LogP contribution in [-0.4, -0.2) is 38.6 Å². The highest BCUT2D eigenvalue weighted by Crippen LogP contribution is 2.31. The number of benzene rings is 1. The van der Waals surface area contributed by atoms with Gasteiger partial charge in [0, 0.05) is 12.6 Å². The quantitative estimate of drug-likeness (QED) is 0.610. The topological polar surface area (TPSA) is 128 Å². The molecule has 0 fully saturated rings. The summed E-state index contributed by atoms with van der Waals surface area (Å²) in [5.41, 5.74) is 2.23. The Kier molecular flexibility index (Phi) is 5.56. The molecule has 0 aliphatic heterocycles. The molecule has 8 nitrogen and oxygen atoms in total. The molecule has 0 saturated heterocycles. The molecule has 4 rings (SSSR count). The Morgan fingerprint density at radius 2 is 1.97 bits per heavy atom. The molecule has 1 aliphatic carbocycles. The van der Waals surface area contributed by atoms with Gasteiger partial charge in [0.2, 0.25) is 0 Å². The molecule has 0 saturated carbocycles. The standard InChI is InChI=1S/C13H10N4.C9H10O4/c1-15-12-7-6-9(8-14)13-16-10-4-2-3-5-11(10)17(12)13;1-9(8(12)13)4-2-3-6(5-9)7(10)11/h2-7,15H,1H3;2-4H,5H2,1H3,(H,10,11)(H,12,13). The van der Waals surface area contributed by atoms with Crippen molar-refractivity contribution in [1.82, 2.24) is 9.38 Å². The zero-order valence-electron chi connectivity index (χ0n) is 16.5. The van der Waals surface area contributed by atoms with E-state index < -0.39 is 17.4 Å². The average molecular weight is 404 g/mol. The molecule has 1 aliphatic rings. The van der Waals surface area contributed by atoms with E-state index in [0.29, 0.717) is 11.2 Å². The van der Waals surface area contributed by atoms with Gasteiger partial charge in [-0.05, 0) is 37.6 Å². The number of nitrogens with one attached hydrogen (secondary N) is 1. The molecule has 1 atom stereocenters. The number of aromatic nitrogens is 2. The lowest BCUT2D eigenvalue weighted by molar-refractivity contribution is -0.145. The summed E-state index contributed by atoms with van der Waals surface area (Å²) >= 11 is 0. The van der Waals surface area contributed by atoms with Crippen molar-refractivity contribution >= 4 is 34.4 Å². The minimum absolute atomic E-state index is 0.0359. The summed E-state index contributed by atoms with van der Waals surface area (Å²) in [4.78, 5) is 25.8. The minimum Gasteiger partial charge on any atom is -0.481 e. The summed E-state index contributed by atoms with van der Waals surface area (Å²) in [5.74, 6) is -1.14. The molecular weight excluding hydrogens is 384 g/mol. The molecule has 3 aromatic rings. The maximum Gasteiger partial charge on any atom is 0.331 e. The molecule has 3 N–H and O–H groups in total. The highest BCUT2D eigenvalue weighted by atomic mass is 16.4. The third-order valence-corrected chi connectivity index (χ3v) is 4.91. The number of para-hydroxylation sites is 2. The lowest BCUT2D eigenvalue weighted by atomic mass is 9.80. The molecule has 0 amide bonds. The fraction of sp³-hybridized carbons (Fsp3) is 0.182. The van der Waals surface area contributed by atoms with E-state index in [1.165, 1.54) is 25.2 Å². The number of carboxylic acid groups (broad SMARTS) is 2. The Labute approximate surface area is 172 Å². The third-order valence-electron chi connectivity index (χ3n) is 4.91. The number of anilines is 1. The number of nitriles is 1. The van der Waals surface area contributed by atoms with Crippen LogP contribution < -0.4 is 5.32 Å². The van der Waals surface area contributed by atoms with Crippen molar-refractivity contribution in [3.05, 3.63) is 65.8 Å². The number of nitrogens with zero attached hydrogens (tertiary/aromatic N) is 3. The smallest absolute Gasteiger partial charge is 0.331 e. The van der Waals surface area contributed by atoms with Crippen LogP contribution >= 0.6 is 0 Å². The number of carboxylic acids is 2. The van der Waals surface area contributed by atoms with Crippen LogP contribution in [0.2, 0.25) is 0 Å². The van der Waals surface area contributed by atoms with E-state index in [1.807, 2.05) is 41.8 Å².